The normalized spacial score (nSPS) is 26.3. The average molecular weight is 553 g/mol. The number of esters is 1. The molecule has 0 aliphatic heterocycles. The third-order valence-electron chi connectivity index (χ3n) is 9.62. The summed E-state index contributed by atoms with van der Waals surface area (Å²) in [6.07, 6.45) is 15.8. The van der Waals surface area contributed by atoms with Gasteiger partial charge in [-0.05, 0) is 62.1 Å². The second-order valence-corrected chi connectivity index (χ2v) is 18.3. The van der Waals surface area contributed by atoms with Gasteiger partial charge in [-0.1, -0.05) is 72.0 Å². The van der Waals surface area contributed by atoms with Crippen molar-refractivity contribution in [2.45, 2.75) is 155 Å². The van der Waals surface area contributed by atoms with Gasteiger partial charge in [-0.2, -0.15) is 0 Å². The lowest BCUT2D eigenvalue weighted by molar-refractivity contribution is -0.148. The molecule has 2 fully saturated rings. The number of aliphatic hydroxyl groups is 1. The summed E-state index contributed by atoms with van der Waals surface area (Å²) in [6, 6.07) is 0. The standard InChI is InChI=1S/C31H56O6Si/c1-8-19-31(20-14-21-31)28(37-38(6,7)30(3,4)5)17-13-16-24-25(15-11-9-10-12-18-29(34)35)27(22-26(24)33)36-23(2)32/h13,16,24-28,33H,8-12,14-15,17-22H2,1-7H3,(H,34,35)/t24-,25-,26-,27?,28?/m1/s1. The van der Waals surface area contributed by atoms with Gasteiger partial charge in [0.15, 0.2) is 8.32 Å². The zero-order valence-electron chi connectivity index (χ0n) is 25.3. The Morgan fingerprint density at radius 3 is 2.32 bits per heavy atom. The molecule has 2 aliphatic carbocycles. The molecule has 220 valence electrons. The van der Waals surface area contributed by atoms with Crippen molar-refractivity contribution < 1.29 is 29.0 Å². The highest BCUT2D eigenvalue weighted by molar-refractivity contribution is 6.74. The molecular weight excluding hydrogens is 496 g/mol. The van der Waals surface area contributed by atoms with E-state index in [-0.39, 0.29) is 46.9 Å². The van der Waals surface area contributed by atoms with Crippen LogP contribution in [0.4, 0.5) is 0 Å². The Balaban J connectivity index is 2.13. The number of aliphatic carboxylic acids is 1. The van der Waals surface area contributed by atoms with Crippen molar-refractivity contribution in [2.24, 2.45) is 17.3 Å². The van der Waals surface area contributed by atoms with Gasteiger partial charge in [-0.3, -0.25) is 9.59 Å². The van der Waals surface area contributed by atoms with Crippen molar-refractivity contribution in [1.29, 1.82) is 0 Å². The van der Waals surface area contributed by atoms with Crippen molar-refractivity contribution in [3.05, 3.63) is 12.2 Å². The molecule has 2 saturated carbocycles. The summed E-state index contributed by atoms with van der Waals surface area (Å²) in [6.45, 7) is 15.3. The topological polar surface area (TPSA) is 93.1 Å². The van der Waals surface area contributed by atoms with Gasteiger partial charge in [-0.25, -0.2) is 0 Å². The predicted molar refractivity (Wildman–Crippen MR) is 156 cm³/mol. The van der Waals surface area contributed by atoms with Gasteiger partial charge in [0.05, 0.1) is 12.2 Å². The van der Waals surface area contributed by atoms with Crippen LogP contribution in [0, 0.1) is 17.3 Å². The second-order valence-electron chi connectivity index (χ2n) is 13.5. The zero-order valence-corrected chi connectivity index (χ0v) is 26.3. The maximum Gasteiger partial charge on any atom is 0.303 e. The summed E-state index contributed by atoms with van der Waals surface area (Å²) in [4.78, 5) is 22.5. The van der Waals surface area contributed by atoms with Crippen LogP contribution >= 0.6 is 0 Å². The number of carboxylic acid groups (broad SMARTS) is 1. The molecule has 2 N–H and O–H groups in total. The van der Waals surface area contributed by atoms with E-state index in [9.17, 15) is 14.7 Å². The molecule has 2 unspecified atom stereocenters. The van der Waals surface area contributed by atoms with E-state index in [0.29, 0.717) is 12.8 Å². The Hall–Kier alpha value is -1.18. The van der Waals surface area contributed by atoms with Gasteiger partial charge < -0.3 is 19.4 Å². The van der Waals surface area contributed by atoms with Gasteiger partial charge in [0.2, 0.25) is 0 Å². The summed E-state index contributed by atoms with van der Waals surface area (Å²) in [5.74, 6) is -1.01. The molecule has 0 heterocycles. The summed E-state index contributed by atoms with van der Waals surface area (Å²) in [7, 11) is -1.94. The van der Waals surface area contributed by atoms with Crippen LogP contribution < -0.4 is 0 Å². The highest BCUT2D eigenvalue weighted by Gasteiger charge is 2.48. The van der Waals surface area contributed by atoms with Crippen LogP contribution in [0.5, 0.6) is 0 Å². The molecule has 0 amide bonds. The highest BCUT2D eigenvalue weighted by Crippen LogP contribution is 2.52. The summed E-state index contributed by atoms with van der Waals surface area (Å²) in [5.41, 5.74) is 0.262. The Morgan fingerprint density at radius 2 is 1.79 bits per heavy atom. The van der Waals surface area contributed by atoms with Crippen molar-refractivity contribution in [1.82, 2.24) is 0 Å². The number of hydrogen-bond acceptors (Lipinski definition) is 5. The SMILES string of the molecule is CCCC1(C(CC=C[C@H]2[C@H](O)CC(OC(C)=O)[C@@H]2CCCCCCC(=O)O)O[Si](C)(C)C(C)(C)C)CCC1. The van der Waals surface area contributed by atoms with Crippen molar-refractivity contribution >= 4 is 20.3 Å². The summed E-state index contributed by atoms with van der Waals surface area (Å²) < 4.78 is 12.7. The minimum absolute atomic E-state index is 0.0459. The number of aliphatic hydroxyl groups excluding tert-OH is 1. The van der Waals surface area contributed by atoms with Gasteiger partial charge in [-0.15, -0.1) is 0 Å². The molecule has 0 radical (unpaired) electrons. The fourth-order valence-electron chi connectivity index (χ4n) is 6.29. The maximum absolute atomic E-state index is 11.8. The highest BCUT2D eigenvalue weighted by atomic mass is 28.4. The Kier molecular flexibility index (Phi) is 12.6. The minimum atomic E-state index is -1.94. The molecule has 6 nitrogen and oxygen atoms in total. The third kappa shape index (κ3) is 9.19. The first-order valence-electron chi connectivity index (χ1n) is 15.1. The quantitative estimate of drug-likeness (QED) is 0.0884. The number of carboxylic acids is 1. The molecular formula is C31H56O6Si. The van der Waals surface area contributed by atoms with E-state index >= 15 is 0 Å². The molecule has 0 aromatic heterocycles. The van der Waals surface area contributed by atoms with E-state index in [1.165, 1.54) is 39.0 Å². The van der Waals surface area contributed by atoms with Crippen LogP contribution in [-0.2, 0) is 18.8 Å². The lowest BCUT2D eigenvalue weighted by atomic mass is 9.62. The molecule has 0 saturated heterocycles. The smallest absolute Gasteiger partial charge is 0.303 e. The molecule has 7 heteroatoms. The molecule has 2 aliphatic rings. The number of hydrogen-bond donors (Lipinski definition) is 2. The molecule has 2 rings (SSSR count). The van der Waals surface area contributed by atoms with Gasteiger partial charge >= 0.3 is 11.9 Å². The lowest BCUT2D eigenvalue weighted by Crippen LogP contribution is -2.51. The van der Waals surface area contributed by atoms with E-state index in [0.717, 1.165) is 32.1 Å². The summed E-state index contributed by atoms with van der Waals surface area (Å²) >= 11 is 0. The minimum Gasteiger partial charge on any atom is -0.481 e. The maximum atomic E-state index is 11.8. The molecule has 0 bridgehead atoms. The fourth-order valence-corrected chi connectivity index (χ4v) is 7.70. The van der Waals surface area contributed by atoms with Crippen LogP contribution in [0.3, 0.4) is 0 Å². The van der Waals surface area contributed by atoms with Crippen LogP contribution in [0.2, 0.25) is 18.1 Å². The number of carbonyl (C=O) groups is 2. The molecule has 0 aromatic carbocycles. The second kappa shape index (κ2) is 14.4. The van der Waals surface area contributed by atoms with Crippen LogP contribution in [-0.4, -0.2) is 48.8 Å². The molecule has 38 heavy (non-hydrogen) atoms. The Labute approximate surface area is 233 Å². The van der Waals surface area contributed by atoms with Crippen LogP contribution in [0.1, 0.15) is 118 Å². The fraction of sp³-hybridized carbons (Fsp3) is 0.871. The largest absolute Gasteiger partial charge is 0.481 e. The number of carbonyl (C=O) groups excluding carboxylic acids is 1. The van der Waals surface area contributed by atoms with Gasteiger partial charge in [0.1, 0.15) is 6.10 Å². The molecule has 0 spiro atoms. The third-order valence-corrected chi connectivity index (χ3v) is 14.1. The number of ether oxygens (including phenoxy) is 1. The van der Waals surface area contributed by atoms with E-state index in [1.54, 1.807) is 0 Å². The Bertz CT molecular complexity index is 782. The lowest BCUT2D eigenvalue weighted by Gasteiger charge is -2.51. The number of unbranched alkanes of at least 4 members (excludes halogenated alkanes) is 3. The van der Waals surface area contributed by atoms with Gasteiger partial charge in [0, 0.05) is 31.6 Å². The van der Waals surface area contributed by atoms with E-state index in [1.807, 2.05) is 0 Å². The number of rotatable bonds is 16. The zero-order chi connectivity index (χ0) is 28.6. The van der Waals surface area contributed by atoms with Crippen LogP contribution in [0.25, 0.3) is 0 Å². The van der Waals surface area contributed by atoms with E-state index < -0.39 is 20.4 Å². The van der Waals surface area contributed by atoms with E-state index in [4.69, 9.17) is 14.3 Å². The first-order chi connectivity index (χ1) is 17.7. The first-order valence-corrected chi connectivity index (χ1v) is 18.0. The van der Waals surface area contributed by atoms with Gasteiger partial charge in [0.25, 0.3) is 0 Å². The van der Waals surface area contributed by atoms with Crippen molar-refractivity contribution in [3.8, 4) is 0 Å². The molecule has 5 atom stereocenters. The summed E-state index contributed by atoms with van der Waals surface area (Å²) in [5, 5.41) is 20.0. The molecule has 0 aromatic rings. The van der Waals surface area contributed by atoms with Crippen molar-refractivity contribution in [3.63, 3.8) is 0 Å². The van der Waals surface area contributed by atoms with Crippen LogP contribution in [0.15, 0.2) is 12.2 Å². The van der Waals surface area contributed by atoms with Crippen molar-refractivity contribution in [2.75, 3.05) is 0 Å². The average Bonchev–Trinajstić information content (AvgIpc) is 3.04. The predicted octanol–water partition coefficient (Wildman–Crippen LogP) is 7.65. The monoisotopic (exact) mass is 552 g/mol. The Morgan fingerprint density at radius 1 is 1.13 bits per heavy atom. The first kappa shape index (κ1) is 33.0. The van der Waals surface area contributed by atoms with E-state index in [2.05, 4.69) is 52.9 Å².